The minimum Gasteiger partial charge on any atom is -0.314 e. The lowest BCUT2D eigenvalue weighted by atomic mass is 9.76. The fourth-order valence-electron chi connectivity index (χ4n) is 3.60. The van der Waals surface area contributed by atoms with Crippen LogP contribution in [-0.4, -0.2) is 12.6 Å². The zero-order valence-electron chi connectivity index (χ0n) is 13.2. The molecule has 0 saturated heterocycles. The number of rotatable bonds is 6. The van der Waals surface area contributed by atoms with Gasteiger partial charge in [-0.3, -0.25) is 0 Å². The maximum Gasteiger partial charge on any atom is 0.123 e. The van der Waals surface area contributed by atoms with Crippen molar-refractivity contribution in [3.63, 3.8) is 0 Å². The van der Waals surface area contributed by atoms with E-state index in [-0.39, 0.29) is 5.82 Å². The van der Waals surface area contributed by atoms with Gasteiger partial charge >= 0.3 is 0 Å². The van der Waals surface area contributed by atoms with Crippen LogP contribution in [0.25, 0.3) is 0 Å². The lowest BCUT2D eigenvalue weighted by molar-refractivity contribution is 0.217. The van der Waals surface area contributed by atoms with Crippen molar-refractivity contribution in [3.8, 4) is 0 Å². The molecular weight excluding hydrogens is 329 g/mol. The molecule has 21 heavy (non-hydrogen) atoms. The number of hydrogen-bond acceptors (Lipinski definition) is 1. The van der Waals surface area contributed by atoms with Crippen LogP contribution < -0.4 is 5.32 Å². The van der Waals surface area contributed by atoms with Crippen LogP contribution in [0, 0.1) is 17.7 Å². The van der Waals surface area contributed by atoms with E-state index in [0.717, 1.165) is 34.8 Å². The highest BCUT2D eigenvalue weighted by atomic mass is 79.9. The summed E-state index contributed by atoms with van der Waals surface area (Å²) in [5.41, 5.74) is 1.08. The molecule has 0 amide bonds. The Morgan fingerprint density at radius 1 is 1.24 bits per heavy atom. The monoisotopic (exact) mass is 355 g/mol. The highest BCUT2D eigenvalue weighted by Gasteiger charge is 2.27. The first kappa shape index (κ1) is 17.0. The summed E-state index contributed by atoms with van der Waals surface area (Å²) in [6, 6.07) is 5.47. The standard InChI is InChI=1S/C18H27BrFN/c1-3-13-5-7-14(8-6-13)18(21-4-2)12-15-11-16(20)9-10-17(15)19/h9-11,13-14,18,21H,3-8,12H2,1-2H3. The van der Waals surface area contributed by atoms with E-state index in [1.807, 2.05) is 6.07 Å². The molecule has 1 aliphatic carbocycles. The fourth-order valence-corrected chi connectivity index (χ4v) is 4.01. The quantitative estimate of drug-likeness (QED) is 0.727. The lowest BCUT2D eigenvalue weighted by Gasteiger charge is -2.34. The van der Waals surface area contributed by atoms with E-state index < -0.39 is 0 Å². The average molecular weight is 356 g/mol. The summed E-state index contributed by atoms with van der Waals surface area (Å²) in [6.07, 6.45) is 7.55. The van der Waals surface area contributed by atoms with Crippen LogP contribution in [0.5, 0.6) is 0 Å². The zero-order chi connectivity index (χ0) is 15.2. The van der Waals surface area contributed by atoms with E-state index in [4.69, 9.17) is 0 Å². The highest BCUT2D eigenvalue weighted by Crippen LogP contribution is 2.34. The zero-order valence-corrected chi connectivity index (χ0v) is 14.8. The highest BCUT2D eigenvalue weighted by molar-refractivity contribution is 9.10. The molecule has 0 bridgehead atoms. The predicted molar refractivity (Wildman–Crippen MR) is 91.0 cm³/mol. The van der Waals surface area contributed by atoms with Gasteiger partial charge in [-0.2, -0.15) is 0 Å². The first-order valence-electron chi connectivity index (χ1n) is 8.31. The molecule has 2 rings (SSSR count). The molecule has 1 atom stereocenters. The minimum atomic E-state index is -0.141. The molecule has 1 unspecified atom stereocenters. The Hall–Kier alpha value is -0.410. The third-order valence-electron chi connectivity index (χ3n) is 4.95. The molecular formula is C18H27BrFN. The van der Waals surface area contributed by atoms with Crippen molar-refractivity contribution < 1.29 is 4.39 Å². The Labute approximate surface area is 136 Å². The second-order valence-corrected chi connectivity index (χ2v) is 7.15. The van der Waals surface area contributed by atoms with E-state index in [0.29, 0.717) is 6.04 Å². The molecule has 1 aliphatic rings. The second kappa shape index (κ2) is 8.28. The van der Waals surface area contributed by atoms with Gasteiger partial charge in [-0.25, -0.2) is 4.39 Å². The van der Waals surface area contributed by atoms with Crippen molar-refractivity contribution in [1.82, 2.24) is 5.32 Å². The van der Waals surface area contributed by atoms with Crippen molar-refractivity contribution in [2.45, 2.75) is 58.4 Å². The normalized spacial score (nSPS) is 24.0. The van der Waals surface area contributed by atoms with Crippen molar-refractivity contribution >= 4 is 15.9 Å². The van der Waals surface area contributed by atoms with Gasteiger partial charge in [0.05, 0.1) is 0 Å². The average Bonchev–Trinajstić information content (AvgIpc) is 2.50. The smallest absolute Gasteiger partial charge is 0.123 e. The number of likely N-dealkylation sites (N-methyl/N-ethyl adjacent to an activating group) is 1. The molecule has 0 aromatic heterocycles. The SMILES string of the molecule is CCNC(Cc1cc(F)ccc1Br)C1CCC(CC)CC1. The molecule has 0 aliphatic heterocycles. The Kier molecular flexibility index (Phi) is 6.69. The molecule has 3 heteroatoms. The van der Waals surface area contributed by atoms with Gasteiger partial charge in [0.25, 0.3) is 0 Å². The summed E-state index contributed by atoms with van der Waals surface area (Å²) in [5.74, 6) is 1.51. The summed E-state index contributed by atoms with van der Waals surface area (Å²) < 4.78 is 14.5. The van der Waals surface area contributed by atoms with Gasteiger partial charge in [0.15, 0.2) is 0 Å². The summed E-state index contributed by atoms with van der Waals surface area (Å²) in [4.78, 5) is 0. The number of nitrogens with one attached hydrogen (secondary N) is 1. The van der Waals surface area contributed by atoms with Crippen molar-refractivity contribution in [2.75, 3.05) is 6.54 Å². The van der Waals surface area contributed by atoms with Gasteiger partial charge in [0, 0.05) is 10.5 Å². The largest absolute Gasteiger partial charge is 0.314 e. The summed E-state index contributed by atoms with van der Waals surface area (Å²) >= 11 is 3.56. The van der Waals surface area contributed by atoms with Crippen molar-refractivity contribution in [3.05, 3.63) is 34.1 Å². The molecule has 118 valence electrons. The van der Waals surface area contributed by atoms with Crippen LogP contribution in [0.1, 0.15) is 51.5 Å². The molecule has 1 aromatic carbocycles. The second-order valence-electron chi connectivity index (χ2n) is 6.29. The third kappa shape index (κ3) is 4.79. The van der Waals surface area contributed by atoms with Crippen LogP contribution in [0.15, 0.2) is 22.7 Å². The van der Waals surface area contributed by atoms with Crippen molar-refractivity contribution in [1.29, 1.82) is 0 Å². The summed E-state index contributed by atoms with van der Waals surface area (Å²) in [5, 5.41) is 3.64. The fraction of sp³-hybridized carbons (Fsp3) is 0.667. The van der Waals surface area contributed by atoms with Gasteiger partial charge in [0.1, 0.15) is 5.82 Å². The first-order chi connectivity index (χ1) is 10.1. The van der Waals surface area contributed by atoms with Gasteiger partial charge in [-0.1, -0.05) is 49.0 Å². The van der Waals surface area contributed by atoms with Gasteiger partial charge in [-0.15, -0.1) is 0 Å². The molecule has 0 spiro atoms. The minimum absolute atomic E-state index is 0.141. The maximum atomic E-state index is 13.5. The number of benzene rings is 1. The Bertz CT molecular complexity index is 441. The third-order valence-corrected chi connectivity index (χ3v) is 5.73. The maximum absolute atomic E-state index is 13.5. The first-order valence-corrected chi connectivity index (χ1v) is 9.10. The lowest BCUT2D eigenvalue weighted by Crippen LogP contribution is -2.39. The number of hydrogen-bond donors (Lipinski definition) is 1. The summed E-state index contributed by atoms with van der Waals surface area (Å²) in [7, 11) is 0. The van der Waals surface area contributed by atoms with Crippen LogP contribution >= 0.6 is 15.9 Å². The van der Waals surface area contributed by atoms with Crippen LogP contribution in [-0.2, 0) is 6.42 Å². The van der Waals surface area contributed by atoms with Gasteiger partial charge < -0.3 is 5.32 Å². The molecule has 1 nitrogen and oxygen atoms in total. The van der Waals surface area contributed by atoms with Crippen LogP contribution in [0.2, 0.25) is 0 Å². The van der Waals surface area contributed by atoms with Crippen LogP contribution in [0.3, 0.4) is 0 Å². The van der Waals surface area contributed by atoms with E-state index in [1.54, 1.807) is 6.07 Å². The topological polar surface area (TPSA) is 12.0 Å². The van der Waals surface area contributed by atoms with E-state index in [1.165, 1.54) is 38.2 Å². The molecule has 0 heterocycles. The predicted octanol–water partition coefficient (Wildman–Crippen LogP) is 5.33. The van der Waals surface area contributed by atoms with E-state index in [2.05, 4.69) is 35.1 Å². The van der Waals surface area contributed by atoms with Gasteiger partial charge in [-0.05, 0) is 61.4 Å². The Morgan fingerprint density at radius 3 is 2.57 bits per heavy atom. The van der Waals surface area contributed by atoms with Crippen LogP contribution in [0.4, 0.5) is 4.39 Å². The van der Waals surface area contributed by atoms with Gasteiger partial charge in [0.2, 0.25) is 0 Å². The summed E-state index contributed by atoms with van der Waals surface area (Å²) in [6.45, 7) is 5.44. The molecule has 0 radical (unpaired) electrons. The Balaban J connectivity index is 2.03. The Morgan fingerprint density at radius 2 is 1.95 bits per heavy atom. The molecule has 1 saturated carbocycles. The molecule has 1 N–H and O–H groups in total. The number of halogens is 2. The molecule has 1 aromatic rings. The molecule has 1 fully saturated rings. The van der Waals surface area contributed by atoms with E-state index in [9.17, 15) is 4.39 Å². The van der Waals surface area contributed by atoms with Crippen molar-refractivity contribution in [2.24, 2.45) is 11.8 Å². The van der Waals surface area contributed by atoms with E-state index >= 15 is 0 Å².